The molecule has 2 aromatic carbocycles. The molecule has 1 aromatic heterocycles. The lowest BCUT2D eigenvalue weighted by molar-refractivity contribution is -0.112. The predicted octanol–water partition coefficient (Wildman–Crippen LogP) is 4.92. The third-order valence-corrected chi connectivity index (χ3v) is 5.17. The normalized spacial score (nSPS) is 12.8. The molecule has 0 amide bonds. The lowest BCUT2D eigenvalue weighted by atomic mass is 9.87. The molecule has 0 spiro atoms. The highest BCUT2D eigenvalue weighted by atomic mass is 16.5. The number of pyridine rings is 1. The maximum Gasteiger partial charge on any atom is 0.248 e. The zero-order chi connectivity index (χ0) is 23.4. The number of aliphatic hydroxyl groups is 1. The first-order valence-corrected chi connectivity index (χ1v) is 10.1. The largest absolute Gasteiger partial charge is 0.507 e. The molecule has 1 heterocycles. The van der Waals surface area contributed by atoms with Crippen LogP contribution in [0.15, 0.2) is 70.5 Å². The van der Waals surface area contributed by atoms with Crippen LogP contribution in [0, 0.1) is 6.92 Å². The van der Waals surface area contributed by atoms with Crippen molar-refractivity contribution >= 4 is 28.2 Å². The highest BCUT2D eigenvalue weighted by Crippen LogP contribution is 2.29. The lowest BCUT2D eigenvalue weighted by Crippen LogP contribution is -2.23. The molecule has 0 saturated heterocycles. The molecule has 0 fully saturated rings. The summed E-state index contributed by atoms with van der Waals surface area (Å²) in [4.78, 5) is 37.8. The maximum absolute atomic E-state index is 11.9. The second-order valence-electron chi connectivity index (χ2n) is 7.72. The summed E-state index contributed by atoms with van der Waals surface area (Å²) in [7, 11) is 1.59. The molecule has 6 heteroatoms. The number of carbonyl (C=O) groups excluding carboxylic acids is 2. The van der Waals surface area contributed by atoms with Gasteiger partial charge in [-0.1, -0.05) is 48.0 Å². The molecule has 0 aliphatic heterocycles. The van der Waals surface area contributed by atoms with Gasteiger partial charge in [0.05, 0.1) is 12.6 Å². The molecule has 0 saturated carbocycles. The molecule has 3 aromatic rings. The lowest BCUT2D eigenvalue weighted by Gasteiger charge is -2.16. The van der Waals surface area contributed by atoms with Crippen LogP contribution in [0.5, 0.6) is 5.75 Å². The Balaban J connectivity index is 0.000000186. The van der Waals surface area contributed by atoms with E-state index in [2.05, 4.69) is 4.98 Å². The van der Waals surface area contributed by atoms with Gasteiger partial charge in [-0.25, -0.2) is 0 Å². The zero-order valence-electron chi connectivity index (χ0n) is 18.5. The predicted molar refractivity (Wildman–Crippen MR) is 125 cm³/mol. The number of aromatic amines is 1. The molecular formula is C26H25NO5. The monoisotopic (exact) mass is 431 g/mol. The van der Waals surface area contributed by atoms with Gasteiger partial charge in [-0.05, 0) is 38.8 Å². The number of Topliss-reactive ketones (excluding diaryl/α,β-unsaturated/α-hetero) is 2. The number of carbonyl (C=O) groups is 2. The Morgan fingerprint density at radius 1 is 1.00 bits per heavy atom. The first-order chi connectivity index (χ1) is 15.2. The van der Waals surface area contributed by atoms with Crippen molar-refractivity contribution < 1.29 is 19.4 Å². The molecule has 0 atom stereocenters. The third kappa shape index (κ3) is 4.54. The summed E-state index contributed by atoms with van der Waals surface area (Å²) in [6.07, 6.45) is 2.11. The van der Waals surface area contributed by atoms with Gasteiger partial charge in [0.15, 0.2) is 0 Å². The number of fused-ring (bicyclic) bond motifs is 2. The van der Waals surface area contributed by atoms with Crippen LogP contribution in [0.3, 0.4) is 0 Å². The molecule has 164 valence electrons. The van der Waals surface area contributed by atoms with Crippen molar-refractivity contribution in [2.24, 2.45) is 0 Å². The maximum atomic E-state index is 11.9. The van der Waals surface area contributed by atoms with E-state index in [0.717, 1.165) is 22.0 Å². The summed E-state index contributed by atoms with van der Waals surface area (Å²) in [6, 6.07) is 13.9. The molecule has 32 heavy (non-hydrogen) atoms. The van der Waals surface area contributed by atoms with Crippen molar-refractivity contribution in [1.29, 1.82) is 0 Å². The first-order valence-electron chi connectivity index (χ1n) is 10.1. The highest BCUT2D eigenvalue weighted by Gasteiger charge is 2.31. The SMILES string of the molecule is CC(C)=CCC1=C(O)c2ccccc2C(=O)C1=O.COc1cccc2c(C)cc(=O)[nH]c12. The summed E-state index contributed by atoms with van der Waals surface area (Å²) >= 11 is 0. The Bertz CT molecular complexity index is 1320. The minimum absolute atomic E-state index is 0.0762. The van der Waals surface area contributed by atoms with Gasteiger partial charge in [0.2, 0.25) is 17.1 Å². The Hall–Kier alpha value is -3.93. The van der Waals surface area contributed by atoms with Crippen LogP contribution in [-0.2, 0) is 4.79 Å². The van der Waals surface area contributed by atoms with Crippen molar-refractivity contribution in [3.8, 4) is 5.75 Å². The summed E-state index contributed by atoms with van der Waals surface area (Å²) in [6.45, 7) is 5.72. The molecule has 6 nitrogen and oxygen atoms in total. The number of ketones is 2. The van der Waals surface area contributed by atoms with Gasteiger partial charge in [0.25, 0.3) is 0 Å². The molecular weight excluding hydrogens is 406 g/mol. The topological polar surface area (TPSA) is 96.5 Å². The van der Waals surface area contributed by atoms with Crippen LogP contribution in [0.4, 0.5) is 0 Å². The van der Waals surface area contributed by atoms with Crippen LogP contribution in [0.25, 0.3) is 16.7 Å². The van der Waals surface area contributed by atoms with Gasteiger partial charge in [-0.3, -0.25) is 14.4 Å². The molecule has 2 N–H and O–H groups in total. The van der Waals surface area contributed by atoms with Crippen LogP contribution in [-0.4, -0.2) is 28.8 Å². The van der Waals surface area contributed by atoms with Crippen LogP contribution < -0.4 is 10.3 Å². The summed E-state index contributed by atoms with van der Waals surface area (Å²) in [5.74, 6) is -0.528. The number of aromatic nitrogens is 1. The number of hydrogen-bond acceptors (Lipinski definition) is 5. The van der Waals surface area contributed by atoms with Gasteiger partial charge in [0.1, 0.15) is 11.5 Å². The second-order valence-corrected chi connectivity index (χ2v) is 7.72. The fourth-order valence-electron chi connectivity index (χ4n) is 3.51. The van der Waals surface area contributed by atoms with Crippen LogP contribution in [0.2, 0.25) is 0 Å². The highest BCUT2D eigenvalue weighted by molar-refractivity contribution is 6.52. The second kappa shape index (κ2) is 9.47. The molecule has 0 unspecified atom stereocenters. The van der Waals surface area contributed by atoms with Crippen molar-refractivity contribution in [3.63, 3.8) is 0 Å². The number of hydrogen-bond donors (Lipinski definition) is 2. The van der Waals surface area contributed by atoms with E-state index in [1.807, 2.05) is 45.0 Å². The van der Waals surface area contributed by atoms with Gasteiger partial charge in [-0.15, -0.1) is 0 Å². The first kappa shape index (κ1) is 22.7. The number of methoxy groups -OCH3 is 1. The van der Waals surface area contributed by atoms with E-state index in [1.165, 1.54) is 0 Å². The number of rotatable bonds is 3. The number of ether oxygens (including phenoxy) is 1. The third-order valence-electron chi connectivity index (χ3n) is 5.17. The van der Waals surface area contributed by atoms with Gasteiger partial charge in [0, 0.05) is 28.2 Å². The molecule has 4 rings (SSSR count). The van der Waals surface area contributed by atoms with Crippen LogP contribution in [0.1, 0.15) is 41.8 Å². The van der Waals surface area contributed by atoms with E-state index in [1.54, 1.807) is 37.4 Å². The van der Waals surface area contributed by atoms with E-state index in [0.29, 0.717) is 11.3 Å². The molecule has 0 radical (unpaired) electrons. The average Bonchev–Trinajstić information content (AvgIpc) is 2.77. The fourth-order valence-corrected chi connectivity index (χ4v) is 3.51. The van der Waals surface area contributed by atoms with Crippen molar-refractivity contribution in [1.82, 2.24) is 4.98 Å². The quantitative estimate of drug-likeness (QED) is 0.453. The van der Waals surface area contributed by atoms with E-state index >= 15 is 0 Å². The fraction of sp³-hybridized carbons (Fsp3) is 0.192. The van der Waals surface area contributed by atoms with Gasteiger partial charge < -0.3 is 14.8 Å². The number of allylic oxidation sites excluding steroid dienone is 3. The molecule has 1 aliphatic rings. The Kier molecular flexibility index (Phi) is 6.73. The van der Waals surface area contributed by atoms with Crippen molar-refractivity contribution in [3.05, 3.63) is 92.8 Å². The van der Waals surface area contributed by atoms with Gasteiger partial charge in [-0.2, -0.15) is 0 Å². The van der Waals surface area contributed by atoms with E-state index in [4.69, 9.17) is 4.74 Å². The number of benzene rings is 2. The Labute approximate surface area is 185 Å². The summed E-state index contributed by atoms with van der Waals surface area (Å²) in [5.41, 5.74) is 3.57. The standard InChI is InChI=1S/C15H14O3.C11H11NO2/c1-9(2)7-8-12-13(16)10-5-3-4-6-11(10)14(17)15(12)18;1-7-6-10(13)12-11-8(7)4-3-5-9(11)14-2/h3-7,16H,8H2,1-2H3;3-6H,1-2H3,(H,12,13). The number of aryl methyl sites for hydroxylation is 1. The minimum Gasteiger partial charge on any atom is -0.507 e. The average molecular weight is 431 g/mol. The van der Waals surface area contributed by atoms with E-state index in [-0.39, 0.29) is 28.9 Å². The minimum atomic E-state index is -0.608. The van der Waals surface area contributed by atoms with E-state index in [9.17, 15) is 19.5 Å². The number of nitrogens with one attached hydrogen (secondary N) is 1. The summed E-state index contributed by atoms with van der Waals surface area (Å²) in [5, 5.41) is 11.1. The Morgan fingerprint density at radius 3 is 2.34 bits per heavy atom. The number of H-pyrrole nitrogens is 1. The zero-order valence-corrected chi connectivity index (χ0v) is 18.5. The van der Waals surface area contributed by atoms with E-state index < -0.39 is 11.6 Å². The van der Waals surface area contributed by atoms with Gasteiger partial charge >= 0.3 is 0 Å². The smallest absolute Gasteiger partial charge is 0.248 e. The van der Waals surface area contributed by atoms with Crippen molar-refractivity contribution in [2.75, 3.05) is 7.11 Å². The van der Waals surface area contributed by atoms with Crippen LogP contribution >= 0.6 is 0 Å². The molecule has 1 aliphatic carbocycles. The number of aliphatic hydroxyl groups excluding tert-OH is 1. The van der Waals surface area contributed by atoms with Crippen molar-refractivity contribution in [2.45, 2.75) is 27.2 Å². The summed E-state index contributed by atoms with van der Waals surface area (Å²) < 4.78 is 5.17. The Morgan fingerprint density at radius 2 is 1.69 bits per heavy atom. The molecule has 0 bridgehead atoms. The number of para-hydroxylation sites is 1.